The maximum absolute atomic E-state index is 12.1. The SMILES string of the molecule is CC(CCc1ccco1)NC(=O)c1ccc(N)cc1N. The average molecular weight is 273 g/mol. The molecular formula is C15H19N3O2. The number of anilines is 2. The summed E-state index contributed by atoms with van der Waals surface area (Å²) in [5.41, 5.74) is 12.8. The van der Waals surface area contributed by atoms with Crippen molar-refractivity contribution in [1.82, 2.24) is 5.32 Å². The van der Waals surface area contributed by atoms with E-state index in [0.717, 1.165) is 18.6 Å². The quantitative estimate of drug-likeness (QED) is 0.728. The number of amides is 1. The van der Waals surface area contributed by atoms with Crippen molar-refractivity contribution in [3.05, 3.63) is 47.9 Å². The molecule has 106 valence electrons. The number of furan rings is 1. The number of nitrogens with two attached hydrogens (primary N) is 2. The Morgan fingerprint density at radius 1 is 1.35 bits per heavy atom. The number of carbonyl (C=O) groups excluding carboxylic acids is 1. The number of hydrogen-bond donors (Lipinski definition) is 3. The molecule has 0 radical (unpaired) electrons. The van der Waals surface area contributed by atoms with Crippen LogP contribution in [0.2, 0.25) is 0 Å². The van der Waals surface area contributed by atoms with Crippen LogP contribution in [0.4, 0.5) is 11.4 Å². The summed E-state index contributed by atoms with van der Waals surface area (Å²) >= 11 is 0. The number of nitrogen functional groups attached to an aromatic ring is 2. The lowest BCUT2D eigenvalue weighted by atomic mass is 10.1. The van der Waals surface area contributed by atoms with Crippen LogP contribution in [0, 0.1) is 0 Å². The first-order chi connectivity index (χ1) is 9.56. The van der Waals surface area contributed by atoms with E-state index in [0.29, 0.717) is 16.9 Å². The van der Waals surface area contributed by atoms with E-state index in [4.69, 9.17) is 15.9 Å². The molecule has 0 aliphatic heterocycles. The molecule has 0 aliphatic carbocycles. The first-order valence-corrected chi connectivity index (χ1v) is 6.54. The first-order valence-electron chi connectivity index (χ1n) is 6.54. The number of rotatable bonds is 5. The zero-order valence-corrected chi connectivity index (χ0v) is 11.4. The molecule has 0 spiro atoms. The zero-order chi connectivity index (χ0) is 14.5. The highest BCUT2D eigenvalue weighted by Crippen LogP contribution is 2.16. The van der Waals surface area contributed by atoms with Gasteiger partial charge in [0.05, 0.1) is 11.8 Å². The molecule has 0 saturated carbocycles. The maximum atomic E-state index is 12.1. The summed E-state index contributed by atoms with van der Waals surface area (Å²) in [5, 5.41) is 2.92. The largest absolute Gasteiger partial charge is 0.469 e. The lowest BCUT2D eigenvalue weighted by Crippen LogP contribution is -2.33. The monoisotopic (exact) mass is 273 g/mol. The molecule has 1 aromatic heterocycles. The molecule has 1 atom stereocenters. The fourth-order valence-electron chi connectivity index (χ4n) is 1.98. The predicted octanol–water partition coefficient (Wildman–Crippen LogP) is 2.20. The van der Waals surface area contributed by atoms with Gasteiger partial charge in [0.2, 0.25) is 0 Å². The van der Waals surface area contributed by atoms with Gasteiger partial charge in [0.1, 0.15) is 5.76 Å². The maximum Gasteiger partial charge on any atom is 0.253 e. The van der Waals surface area contributed by atoms with Gasteiger partial charge in [-0.1, -0.05) is 0 Å². The van der Waals surface area contributed by atoms with Gasteiger partial charge >= 0.3 is 0 Å². The molecule has 0 fully saturated rings. The summed E-state index contributed by atoms with van der Waals surface area (Å²) < 4.78 is 5.26. The predicted molar refractivity (Wildman–Crippen MR) is 79.2 cm³/mol. The second kappa shape index (κ2) is 6.14. The normalized spacial score (nSPS) is 12.1. The molecule has 0 aliphatic rings. The molecule has 2 aromatic rings. The topological polar surface area (TPSA) is 94.3 Å². The van der Waals surface area contributed by atoms with Crippen molar-refractivity contribution in [2.45, 2.75) is 25.8 Å². The Morgan fingerprint density at radius 2 is 2.15 bits per heavy atom. The second-order valence-corrected chi connectivity index (χ2v) is 4.84. The Morgan fingerprint density at radius 3 is 2.80 bits per heavy atom. The van der Waals surface area contributed by atoms with Crippen molar-refractivity contribution >= 4 is 17.3 Å². The van der Waals surface area contributed by atoms with Crippen LogP contribution in [-0.4, -0.2) is 11.9 Å². The number of nitrogens with one attached hydrogen (secondary N) is 1. The van der Waals surface area contributed by atoms with Gasteiger partial charge in [-0.05, 0) is 43.7 Å². The highest BCUT2D eigenvalue weighted by Gasteiger charge is 2.13. The number of hydrogen-bond acceptors (Lipinski definition) is 4. The molecule has 5 N–H and O–H groups in total. The summed E-state index contributed by atoms with van der Waals surface area (Å²) in [6, 6.07) is 8.70. The average Bonchev–Trinajstić information content (AvgIpc) is 2.89. The van der Waals surface area contributed by atoms with Gasteiger partial charge in [0.25, 0.3) is 5.91 Å². The van der Waals surface area contributed by atoms with E-state index in [1.165, 1.54) is 0 Å². The zero-order valence-electron chi connectivity index (χ0n) is 11.4. The summed E-state index contributed by atoms with van der Waals surface area (Å²) in [7, 11) is 0. The Bertz CT molecular complexity index is 579. The van der Waals surface area contributed by atoms with Crippen molar-refractivity contribution in [2.24, 2.45) is 0 Å². The van der Waals surface area contributed by atoms with Gasteiger partial charge in [-0.3, -0.25) is 4.79 Å². The first kappa shape index (κ1) is 14.0. The van der Waals surface area contributed by atoms with Crippen molar-refractivity contribution < 1.29 is 9.21 Å². The summed E-state index contributed by atoms with van der Waals surface area (Å²) in [6.45, 7) is 1.95. The molecule has 1 aromatic carbocycles. The van der Waals surface area contributed by atoms with Crippen LogP contribution in [0.3, 0.4) is 0 Å². The molecule has 1 heterocycles. The Labute approximate surface area is 117 Å². The fourth-order valence-corrected chi connectivity index (χ4v) is 1.98. The third-order valence-electron chi connectivity index (χ3n) is 3.10. The molecular weight excluding hydrogens is 254 g/mol. The van der Waals surface area contributed by atoms with E-state index in [-0.39, 0.29) is 11.9 Å². The molecule has 5 heteroatoms. The van der Waals surface area contributed by atoms with Crippen molar-refractivity contribution in [1.29, 1.82) is 0 Å². The van der Waals surface area contributed by atoms with Crippen LogP contribution >= 0.6 is 0 Å². The third-order valence-corrected chi connectivity index (χ3v) is 3.10. The summed E-state index contributed by atoms with van der Waals surface area (Å²) in [4.78, 5) is 12.1. The molecule has 5 nitrogen and oxygen atoms in total. The van der Waals surface area contributed by atoms with E-state index < -0.39 is 0 Å². The number of aryl methyl sites for hydroxylation is 1. The van der Waals surface area contributed by atoms with Crippen LogP contribution in [0.1, 0.15) is 29.5 Å². The van der Waals surface area contributed by atoms with Gasteiger partial charge in [-0.2, -0.15) is 0 Å². The van der Waals surface area contributed by atoms with Gasteiger partial charge in [-0.25, -0.2) is 0 Å². The van der Waals surface area contributed by atoms with Crippen molar-refractivity contribution in [3.8, 4) is 0 Å². The molecule has 2 rings (SSSR count). The van der Waals surface area contributed by atoms with E-state index in [9.17, 15) is 4.79 Å². The Kier molecular flexibility index (Phi) is 4.30. The smallest absolute Gasteiger partial charge is 0.253 e. The highest BCUT2D eigenvalue weighted by molar-refractivity contribution is 5.99. The molecule has 20 heavy (non-hydrogen) atoms. The standard InChI is InChI=1S/C15H19N3O2/c1-10(4-6-12-3-2-8-20-12)18-15(19)13-7-5-11(16)9-14(13)17/h2-3,5,7-10H,4,6,16-17H2,1H3,(H,18,19). The van der Waals surface area contributed by atoms with Gasteiger partial charge < -0.3 is 21.2 Å². The van der Waals surface area contributed by atoms with Crippen LogP contribution < -0.4 is 16.8 Å². The molecule has 0 bridgehead atoms. The summed E-state index contributed by atoms with van der Waals surface area (Å²) in [6.07, 6.45) is 3.23. The lowest BCUT2D eigenvalue weighted by Gasteiger charge is -2.14. The van der Waals surface area contributed by atoms with Crippen molar-refractivity contribution in [2.75, 3.05) is 11.5 Å². The minimum absolute atomic E-state index is 0.0320. The van der Waals surface area contributed by atoms with Gasteiger partial charge in [-0.15, -0.1) is 0 Å². The summed E-state index contributed by atoms with van der Waals surface area (Å²) in [5.74, 6) is 0.729. The van der Waals surface area contributed by atoms with E-state index >= 15 is 0 Å². The van der Waals surface area contributed by atoms with E-state index in [1.54, 1.807) is 24.5 Å². The van der Waals surface area contributed by atoms with Gasteiger partial charge in [0.15, 0.2) is 0 Å². The van der Waals surface area contributed by atoms with Crippen LogP contribution in [0.25, 0.3) is 0 Å². The van der Waals surface area contributed by atoms with Crippen LogP contribution in [-0.2, 0) is 6.42 Å². The molecule has 0 saturated heterocycles. The third kappa shape index (κ3) is 3.54. The minimum atomic E-state index is -0.186. The van der Waals surface area contributed by atoms with Crippen LogP contribution in [0.5, 0.6) is 0 Å². The fraction of sp³-hybridized carbons (Fsp3) is 0.267. The molecule has 1 unspecified atom stereocenters. The Balaban J connectivity index is 1.90. The molecule has 1 amide bonds. The minimum Gasteiger partial charge on any atom is -0.469 e. The number of benzene rings is 1. The lowest BCUT2D eigenvalue weighted by molar-refractivity contribution is 0.0939. The Hall–Kier alpha value is -2.43. The number of carbonyl (C=O) groups is 1. The van der Waals surface area contributed by atoms with E-state index in [2.05, 4.69) is 5.32 Å². The second-order valence-electron chi connectivity index (χ2n) is 4.84. The van der Waals surface area contributed by atoms with Gasteiger partial charge in [0, 0.05) is 23.8 Å². The van der Waals surface area contributed by atoms with Crippen LogP contribution in [0.15, 0.2) is 41.0 Å². The highest BCUT2D eigenvalue weighted by atomic mass is 16.3. The van der Waals surface area contributed by atoms with Crippen molar-refractivity contribution in [3.63, 3.8) is 0 Å². The van der Waals surface area contributed by atoms with E-state index in [1.807, 2.05) is 19.1 Å².